The summed E-state index contributed by atoms with van der Waals surface area (Å²) in [6.45, 7) is 0. The van der Waals surface area contributed by atoms with E-state index >= 15 is 0 Å². The van der Waals surface area contributed by atoms with Gasteiger partial charge in [0, 0.05) is 5.56 Å². The summed E-state index contributed by atoms with van der Waals surface area (Å²) in [7, 11) is 0. The molecule has 0 saturated heterocycles. The number of benzene rings is 1. The van der Waals surface area contributed by atoms with Crippen molar-refractivity contribution in [3.63, 3.8) is 0 Å². The van der Waals surface area contributed by atoms with Crippen molar-refractivity contribution in [2.75, 3.05) is 0 Å². The van der Waals surface area contributed by atoms with Crippen LogP contribution < -0.4 is 0 Å². The Labute approximate surface area is 124 Å². The summed E-state index contributed by atoms with van der Waals surface area (Å²) in [5, 5.41) is 16.9. The second-order valence-electron chi connectivity index (χ2n) is 4.53. The molecule has 0 bridgehead atoms. The van der Waals surface area contributed by atoms with E-state index in [1.54, 1.807) is 24.3 Å². The van der Waals surface area contributed by atoms with Gasteiger partial charge in [-0.15, -0.1) is 0 Å². The molecule has 0 aliphatic rings. The lowest BCUT2D eigenvalue weighted by Gasteiger charge is -2.01. The Kier molecular flexibility index (Phi) is 3.61. The molecule has 0 radical (unpaired) electrons. The Morgan fingerprint density at radius 2 is 1.91 bits per heavy atom. The number of hydrogen-bond acceptors (Lipinski definition) is 5. The fraction of sp³-hybridized carbons (Fsp3) is 0.0667. The second kappa shape index (κ2) is 5.72. The topological polar surface area (TPSA) is 89.1 Å². The number of aromatic nitrogens is 3. The van der Waals surface area contributed by atoms with Crippen molar-refractivity contribution in [2.24, 2.45) is 0 Å². The molecule has 2 heterocycles. The van der Waals surface area contributed by atoms with E-state index in [1.165, 1.54) is 12.1 Å². The molecule has 3 aromatic rings. The van der Waals surface area contributed by atoms with E-state index in [1.807, 2.05) is 0 Å². The van der Waals surface area contributed by atoms with Gasteiger partial charge >= 0.3 is 5.97 Å². The highest BCUT2D eigenvalue weighted by Gasteiger charge is 2.11. The minimum absolute atomic E-state index is 0.147. The van der Waals surface area contributed by atoms with Crippen LogP contribution in [-0.4, -0.2) is 26.3 Å². The molecule has 0 aliphatic carbocycles. The molecule has 0 unspecified atom stereocenters. The lowest BCUT2D eigenvalue weighted by Crippen LogP contribution is -1.99. The van der Waals surface area contributed by atoms with Gasteiger partial charge in [-0.25, -0.2) is 14.2 Å². The molecule has 110 valence electrons. The zero-order valence-corrected chi connectivity index (χ0v) is 11.2. The number of carboxylic acid groups (broad SMARTS) is 1. The molecule has 7 heteroatoms. The highest BCUT2D eigenvalue weighted by Crippen LogP contribution is 2.17. The van der Waals surface area contributed by atoms with Gasteiger partial charge in [0.1, 0.15) is 12.1 Å². The molecule has 3 rings (SSSR count). The molecule has 22 heavy (non-hydrogen) atoms. The molecule has 0 spiro atoms. The van der Waals surface area contributed by atoms with E-state index in [4.69, 9.17) is 9.52 Å². The summed E-state index contributed by atoms with van der Waals surface area (Å²) >= 11 is 0. The van der Waals surface area contributed by atoms with Crippen molar-refractivity contribution in [1.82, 2.24) is 15.2 Å². The minimum atomic E-state index is -1.15. The van der Waals surface area contributed by atoms with Gasteiger partial charge < -0.3 is 9.52 Å². The molecular weight excluding hydrogens is 289 g/mol. The van der Waals surface area contributed by atoms with E-state index in [2.05, 4.69) is 15.2 Å². The molecule has 1 N–H and O–H groups in total. The van der Waals surface area contributed by atoms with Gasteiger partial charge in [-0.3, -0.25) is 0 Å². The molecule has 0 atom stereocenters. The predicted octanol–water partition coefficient (Wildman–Crippen LogP) is 2.56. The van der Waals surface area contributed by atoms with Crippen molar-refractivity contribution >= 4 is 5.97 Å². The number of halogens is 1. The maximum Gasteiger partial charge on any atom is 0.357 e. The third-order valence-electron chi connectivity index (χ3n) is 2.96. The summed E-state index contributed by atoms with van der Waals surface area (Å²) in [6.07, 6.45) is 1.32. The van der Waals surface area contributed by atoms with Crippen LogP contribution >= 0.6 is 0 Å². The lowest BCUT2D eigenvalue weighted by atomic mass is 10.1. The van der Waals surface area contributed by atoms with Crippen LogP contribution in [0.15, 0.2) is 47.1 Å². The van der Waals surface area contributed by atoms with Crippen molar-refractivity contribution in [3.05, 3.63) is 65.8 Å². The summed E-state index contributed by atoms with van der Waals surface area (Å²) in [4.78, 5) is 14.5. The zero-order valence-electron chi connectivity index (χ0n) is 11.2. The Morgan fingerprint density at radius 3 is 2.50 bits per heavy atom. The summed E-state index contributed by atoms with van der Waals surface area (Å²) in [5.74, 6) is -1.21. The molecule has 0 saturated carbocycles. The highest BCUT2D eigenvalue weighted by atomic mass is 19.1. The van der Waals surface area contributed by atoms with Crippen LogP contribution in [-0.2, 0) is 6.42 Å². The van der Waals surface area contributed by atoms with Crippen LogP contribution in [0.2, 0.25) is 0 Å². The molecule has 0 aliphatic heterocycles. The molecule has 2 aromatic heterocycles. The number of carbonyl (C=O) groups is 1. The largest absolute Gasteiger partial charge is 0.476 e. The first-order chi connectivity index (χ1) is 10.6. The average molecular weight is 299 g/mol. The molecule has 6 nitrogen and oxygen atoms in total. The van der Waals surface area contributed by atoms with E-state index in [-0.39, 0.29) is 23.8 Å². The maximum atomic E-state index is 12.9. The Bertz CT molecular complexity index is 798. The van der Waals surface area contributed by atoms with Gasteiger partial charge in [0.2, 0.25) is 5.89 Å². The Morgan fingerprint density at radius 1 is 1.14 bits per heavy atom. The molecule has 0 fully saturated rings. The SMILES string of the molecule is O=C(O)c1coc(Cc2ccc(-c3ccc(F)cc3)nn2)n1. The third-order valence-corrected chi connectivity index (χ3v) is 2.96. The first-order valence-corrected chi connectivity index (χ1v) is 6.38. The number of carboxylic acids is 1. The van der Waals surface area contributed by atoms with Crippen LogP contribution in [0.25, 0.3) is 11.3 Å². The van der Waals surface area contributed by atoms with Crippen LogP contribution in [0.4, 0.5) is 4.39 Å². The minimum Gasteiger partial charge on any atom is -0.476 e. The van der Waals surface area contributed by atoms with Crippen molar-refractivity contribution in [1.29, 1.82) is 0 Å². The quantitative estimate of drug-likeness (QED) is 0.796. The van der Waals surface area contributed by atoms with E-state index < -0.39 is 5.97 Å². The third kappa shape index (κ3) is 2.98. The summed E-state index contributed by atoms with van der Waals surface area (Å²) in [6, 6.07) is 9.42. The van der Waals surface area contributed by atoms with Crippen LogP contribution in [0.5, 0.6) is 0 Å². The zero-order chi connectivity index (χ0) is 15.5. The monoisotopic (exact) mass is 299 g/mol. The highest BCUT2D eigenvalue weighted by molar-refractivity contribution is 5.84. The average Bonchev–Trinajstić information content (AvgIpc) is 2.98. The summed E-state index contributed by atoms with van der Waals surface area (Å²) < 4.78 is 17.9. The van der Waals surface area contributed by atoms with Gasteiger partial charge in [0.05, 0.1) is 17.8 Å². The van der Waals surface area contributed by atoms with Crippen molar-refractivity contribution < 1.29 is 18.7 Å². The van der Waals surface area contributed by atoms with Gasteiger partial charge in [-0.1, -0.05) is 0 Å². The normalized spacial score (nSPS) is 10.6. The van der Waals surface area contributed by atoms with Gasteiger partial charge in [0.25, 0.3) is 0 Å². The number of nitrogens with zero attached hydrogens (tertiary/aromatic N) is 3. The number of oxazole rings is 1. The molecular formula is C15H10FN3O3. The van der Waals surface area contributed by atoms with Gasteiger partial charge in [0.15, 0.2) is 5.69 Å². The molecule has 1 aromatic carbocycles. The second-order valence-corrected chi connectivity index (χ2v) is 4.53. The van der Waals surface area contributed by atoms with Crippen LogP contribution in [0, 0.1) is 5.82 Å². The first-order valence-electron chi connectivity index (χ1n) is 6.38. The Balaban J connectivity index is 1.76. The maximum absolute atomic E-state index is 12.9. The molecule has 0 amide bonds. The predicted molar refractivity (Wildman–Crippen MR) is 73.7 cm³/mol. The summed E-state index contributed by atoms with van der Waals surface area (Å²) in [5.41, 5.74) is 1.81. The standard InChI is InChI=1S/C15H10FN3O3/c16-10-3-1-9(2-4-10)12-6-5-11(18-19-12)7-14-17-13(8-22-14)15(20)21/h1-6,8H,7H2,(H,20,21). The van der Waals surface area contributed by atoms with Gasteiger partial charge in [-0.05, 0) is 36.4 Å². The van der Waals surface area contributed by atoms with Crippen molar-refractivity contribution in [3.8, 4) is 11.3 Å². The van der Waals surface area contributed by atoms with Gasteiger partial charge in [-0.2, -0.15) is 10.2 Å². The van der Waals surface area contributed by atoms with E-state index in [9.17, 15) is 9.18 Å². The van der Waals surface area contributed by atoms with Crippen LogP contribution in [0.3, 0.4) is 0 Å². The van der Waals surface area contributed by atoms with Crippen LogP contribution in [0.1, 0.15) is 22.1 Å². The number of aromatic carboxylic acids is 1. The first kappa shape index (κ1) is 13.9. The fourth-order valence-electron chi connectivity index (χ4n) is 1.87. The fourth-order valence-corrected chi connectivity index (χ4v) is 1.87. The van der Waals surface area contributed by atoms with E-state index in [0.717, 1.165) is 11.8 Å². The van der Waals surface area contributed by atoms with E-state index in [0.29, 0.717) is 11.4 Å². The lowest BCUT2D eigenvalue weighted by molar-refractivity contribution is 0.0690. The Hall–Kier alpha value is -3.09. The number of hydrogen-bond donors (Lipinski definition) is 1. The smallest absolute Gasteiger partial charge is 0.357 e. The number of rotatable bonds is 4. The van der Waals surface area contributed by atoms with Crippen molar-refractivity contribution in [2.45, 2.75) is 6.42 Å².